The molecule has 0 saturated carbocycles. The minimum absolute atomic E-state index is 0.410. The number of aliphatic hydroxyl groups is 1. The number of aliphatic hydroxyl groups excluding tert-OH is 1. The maximum atomic E-state index is 11.5. The quantitative estimate of drug-likeness (QED) is 0.472. The molecule has 0 aliphatic heterocycles. The van der Waals surface area contributed by atoms with Crippen LogP contribution in [0, 0.1) is 0 Å². The van der Waals surface area contributed by atoms with Crippen LogP contribution in [0.1, 0.15) is 0 Å². The van der Waals surface area contributed by atoms with Crippen LogP contribution in [0.25, 0.3) is 0 Å². The van der Waals surface area contributed by atoms with E-state index >= 15 is 0 Å². The Morgan fingerprint density at radius 1 is 1.15 bits per heavy atom. The maximum absolute atomic E-state index is 11.5. The lowest BCUT2D eigenvalue weighted by Gasteiger charge is -2.03. The molecule has 0 atom stereocenters. The van der Waals surface area contributed by atoms with Gasteiger partial charge in [0.2, 0.25) is 0 Å². The monoisotopic (exact) mass is 264 g/mol. The molecule has 0 aromatic rings. The summed E-state index contributed by atoms with van der Waals surface area (Å²) in [6, 6.07) is 0. The topological polar surface area (TPSA) is 20.2 Å². The van der Waals surface area contributed by atoms with Crippen molar-refractivity contribution in [2.75, 3.05) is 6.61 Å². The van der Waals surface area contributed by atoms with Gasteiger partial charge < -0.3 is 5.11 Å². The Bertz CT molecular complexity index is 164. The molecule has 1 nitrogen and oxygen atoms in total. The van der Waals surface area contributed by atoms with Crippen molar-refractivity contribution in [3.8, 4) is 0 Å². The van der Waals surface area contributed by atoms with Crippen LogP contribution in [0.5, 0.6) is 0 Å². The van der Waals surface area contributed by atoms with Crippen molar-refractivity contribution in [1.29, 1.82) is 0 Å². The minimum atomic E-state index is -3.10. The van der Waals surface area contributed by atoms with E-state index < -0.39 is 17.4 Å². The van der Waals surface area contributed by atoms with Gasteiger partial charge in [0.1, 0.15) is 6.61 Å². The van der Waals surface area contributed by atoms with Crippen LogP contribution in [0.15, 0.2) is 25.3 Å². The van der Waals surface area contributed by atoms with Crippen molar-refractivity contribution >= 4 is 15.9 Å². The number of rotatable bonds is 3. The summed E-state index contributed by atoms with van der Waals surface area (Å²) in [6.07, 6.45) is 0.931. The fourth-order valence-electron chi connectivity index (χ4n) is 0.0645. The summed E-state index contributed by atoms with van der Waals surface area (Å²) in [6.45, 7) is 4.47. The van der Waals surface area contributed by atoms with E-state index in [2.05, 4.69) is 13.2 Å². The number of halogens is 5. The molecule has 0 aromatic heterocycles. The van der Waals surface area contributed by atoms with E-state index in [1.165, 1.54) is 0 Å². The molecule has 0 fully saturated rings. The highest BCUT2D eigenvalue weighted by molar-refractivity contribution is 9.10. The van der Waals surface area contributed by atoms with Gasteiger partial charge in [0.05, 0.1) is 0 Å². The molecule has 0 heterocycles. The van der Waals surface area contributed by atoms with Crippen LogP contribution in [0.4, 0.5) is 17.6 Å². The van der Waals surface area contributed by atoms with Crippen LogP contribution < -0.4 is 0 Å². The summed E-state index contributed by atoms with van der Waals surface area (Å²) in [5.41, 5.74) is 0. The Balaban J connectivity index is 0. The van der Waals surface area contributed by atoms with Gasteiger partial charge in [-0.1, -0.05) is 13.2 Å². The second-order valence-corrected chi connectivity index (χ2v) is 2.93. The molecular weight excluding hydrogens is 256 g/mol. The SMILES string of the molecule is C=CC(F)(F)Br.C=CC(F)(F)CO. The Labute approximate surface area is 81.9 Å². The summed E-state index contributed by atoms with van der Waals surface area (Å²) in [7, 11) is 0. The van der Waals surface area contributed by atoms with Crippen LogP contribution in [0.2, 0.25) is 0 Å². The van der Waals surface area contributed by atoms with Crippen LogP contribution in [0.3, 0.4) is 0 Å². The van der Waals surface area contributed by atoms with Crippen molar-refractivity contribution in [3.05, 3.63) is 25.3 Å². The molecular formula is C7H9BrF4O. The van der Waals surface area contributed by atoms with Crippen LogP contribution in [-0.4, -0.2) is 22.5 Å². The predicted molar refractivity (Wildman–Crippen MR) is 46.3 cm³/mol. The van der Waals surface area contributed by atoms with Gasteiger partial charge in [0.25, 0.3) is 5.92 Å². The van der Waals surface area contributed by atoms with Gasteiger partial charge in [-0.2, -0.15) is 17.6 Å². The third-order valence-electron chi connectivity index (χ3n) is 0.741. The van der Waals surface area contributed by atoms with Gasteiger partial charge in [0.15, 0.2) is 0 Å². The van der Waals surface area contributed by atoms with Crippen molar-refractivity contribution in [3.63, 3.8) is 0 Å². The van der Waals surface area contributed by atoms with E-state index in [9.17, 15) is 17.6 Å². The smallest absolute Gasteiger partial charge is 0.319 e. The summed E-state index contributed by atoms with van der Waals surface area (Å²) in [5.74, 6) is -3.10. The van der Waals surface area contributed by atoms with E-state index in [-0.39, 0.29) is 0 Å². The van der Waals surface area contributed by atoms with Gasteiger partial charge in [-0.25, -0.2) is 0 Å². The molecule has 1 N–H and O–H groups in total. The standard InChI is InChI=1S/C4H6F2O.C3H3BrF2/c1-2-4(5,6)3-7;1-2-3(4,5)6/h2,7H,1,3H2;2H,1H2. The molecule has 0 saturated heterocycles. The van der Waals surface area contributed by atoms with Gasteiger partial charge in [-0.15, -0.1) is 0 Å². The fourth-order valence-corrected chi connectivity index (χ4v) is 0.0645. The van der Waals surface area contributed by atoms with Crippen molar-refractivity contribution in [2.45, 2.75) is 10.8 Å². The van der Waals surface area contributed by atoms with Crippen molar-refractivity contribution in [2.24, 2.45) is 0 Å². The summed E-state index contributed by atoms with van der Waals surface area (Å²) < 4.78 is 45.5. The van der Waals surface area contributed by atoms with Crippen molar-refractivity contribution < 1.29 is 22.7 Å². The minimum Gasteiger partial charge on any atom is -0.390 e. The number of hydrogen-bond donors (Lipinski definition) is 1. The summed E-state index contributed by atoms with van der Waals surface area (Å²) in [4.78, 5) is -2.88. The first-order valence-corrected chi connectivity index (χ1v) is 3.80. The lowest BCUT2D eigenvalue weighted by atomic mass is 10.4. The highest BCUT2D eigenvalue weighted by Crippen LogP contribution is 2.21. The third kappa shape index (κ3) is 14.5. The molecule has 0 aromatic carbocycles. The first-order chi connectivity index (χ1) is 5.68. The van der Waals surface area contributed by atoms with E-state index in [1.807, 2.05) is 15.9 Å². The average molecular weight is 265 g/mol. The molecule has 0 amide bonds. The van der Waals surface area contributed by atoms with E-state index in [1.54, 1.807) is 0 Å². The molecule has 0 bridgehead atoms. The normalized spacial score (nSPS) is 11.2. The molecule has 78 valence electrons. The van der Waals surface area contributed by atoms with Crippen LogP contribution >= 0.6 is 15.9 Å². The number of alkyl halides is 5. The number of allylic oxidation sites excluding steroid dienone is 1. The molecule has 0 rings (SSSR count). The van der Waals surface area contributed by atoms with Gasteiger partial charge in [0, 0.05) is 0 Å². The lowest BCUT2D eigenvalue weighted by molar-refractivity contribution is -0.00450. The first-order valence-electron chi connectivity index (χ1n) is 3.01. The lowest BCUT2D eigenvalue weighted by Crippen LogP contribution is -2.16. The second kappa shape index (κ2) is 6.15. The Morgan fingerprint density at radius 3 is 1.46 bits per heavy atom. The molecule has 6 heteroatoms. The highest BCUT2D eigenvalue weighted by atomic mass is 79.9. The van der Waals surface area contributed by atoms with E-state index in [0.29, 0.717) is 12.2 Å². The molecule has 0 radical (unpaired) electrons. The van der Waals surface area contributed by atoms with Gasteiger partial charge in [-0.05, 0) is 28.1 Å². The fraction of sp³-hybridized carbons (Fsp3) is 0.429. The first kappa shape index (κ1) is 15.1. The Hall–Kier alpha value is -0.360. The molecule has 0 spiro atoms. The zero-order chi connectivity index (χ0) is 11.1. The Kier molecular flexibility index (Phi) is 7.15. The Morgan fingerprint density at radius 2 is 1.46 bits per heavy atom. The van der Waals surface area contributed by atoms with Gasteiger partial charge in [-0.3, -0.25) is 0 Å². The van der Waals surface area contributed by atoms with Gasteiger partial charge >= 0.3 is 4.83 Å². The van der Waals surface area contributed by atoms with E-state index in [4.69, 9.17) is 5.11 Å². The van der Waals surface area contributed by atoms with Crippen molar-refractivity contribution in [1.82, 2.24) is 0 Å². The maximum Gasteiger partial charge on any atom is 0.319 e. The summed E-state index contributed by atoms with van der Waals surface area (Å²) in [5, 5.41) is 7.77. The molecule has 13 heavy (non-hydrogen) atoms. The zero-order valence-corrected chi connectivity index (χ0v) is 8.20. The van der Waals surface area contributed by atoms with Crippen LogP contribution in [-0.2, 0) is 0 Å². The zero-order valence-electron chi connectivity index (χ0n) is 6.61. The molecule has 0 aliphatic carbocycles. The number of hydrogen-bond acceptors (Lipinski definition) is 1. The third-order valence-corrected chi connectivity index (χ3v) is 1.06. The largest absolute Gasteiger partial charge is 0.390 e. The summed E-state index contributed by atoms with van der Waals surface area (Å²) >= 11 is 2.03. The highest BCUT2D eigenvalue weighted by Gasteiger charge is 2.21. The predicted octanol–water partition coefficient (Wildman–Crippen LogP) is 2.96. The molecule has 0 unspecified atom stereocenters. The second-order valence-electron chi connectivity index (χ2n) is 1.87. The van der Waals surface area contributed by atoms with E-state index in [0.717, 1.165) is 0 Å². The average Bonchev–Trinajstić information content (AvgIpc) is 2.04. The molecule has 0 aliphatic rings.